The first kappa shape index (κ1) is 12.4. The lowest BCUT2D eigenvalue weighted by molar-refractivity contribution is 0.249. The Balaban J connectivity index is 2.13. The predicted octanol–water partition coefficient (Wildman–Crippen LogP) is 2.89. The highest BCUT2D eigenvalue weighted by Gasteiger charge is 2.30. The Kier molecular flexibility index (Phi) is 4.06. The summed E-state index contributed by atoms with van der Waals surface area (Å²) in [6.07, 6.45) is 3.88. The molecule has 3 unspecified atom stereocenters. The van der Waals surface area contributed by atoms with Crippen molar-refractivity contribution in [3.05, 3.63) is 30.3 Å². The molecule has 1 aliphatic rings. The third-order valence-corrected chi connectivity index (χ3v) is 4.18. The molecule has 0 aliphatic heterocycles. The lowest BCUT2D eigenvalue weighted by Gasteiger charge is -2.41. The molecule has 1 aliphatic carbocycles. The van der Waals surface area contributed by atoms with Crippen molar-refractivity contribution in [1.82, 2.24) is 0 Å². The van der Waals surface area contributed by atoms with E-state index in [0.29, 0.717) is 12.0 Å². The molecule has 1 saturated carbocycles. The molecule has 2 rings (SSSR count). The molecule has 1 aromatic carbocycles. The molecule has 0 bridgehead atoms. The maximum atomic E-state index is 5.93. The van der Waals surface area contributed by atoms with Gasteiger partial charge in [0, 0.05) is 18.8 Å². The van der Waals surface area contributed by atoms with E-state index in [2.05, 4.69) is 49.2 Å². The van der Waals surface area contributed by atoms with Crippen LogP contribution in [0.3, 0.4) is 0 Å². The Morgan fingerprint density at radius 3 is 2.59 bits per heavy atom. The topological polar surface area (TPSA) is 29.3 Å². The molecule has 0 spiro atoms. The number of nitrogens with two attached hydrogens (primary N) is 1. The highest BCUT2D eigenvalue weighted by molar-refractivity contribution is 5.46. The second-order valence-electron chi connectivity index (χ2n) is 5.43. The van der Waals surface area contributed by atoms with Crippen molar-refractivity contribution in [1.29, 1.82) is 0 Å². The van der Waals surface area contributed by atoms with Crippen molar-refractivity contribution >= 4 is 5.69 Å². The van der Waals surface area contributed by atoms with Crippen LogP contribution in [-0.4, -0.2) is 19.6 Å². The Bertz CT molecular complexity index is 336. The molecule has 3 atom stereocenters. The quantitative estimate of drug-likeness (QED) is 0.868. The Morgan fingerprint density at radius 1 is 1.24 bits per heavy atom. The Hall–Kier alpha value is -1.02. The van der Waals surface area contributed by atoms with E-state index in [0.717, 1.165) is 12.5 Å². The number of nitrogens with zero attached hydrogens (tertiary/aromatic N) is 1. The van der Waals surface area contributed by atoms with Gasteiger partial charge < -0.3 is 10.6 Å². The molecule has 0 saturated heterocycles. The van der Waals surface area contributed by atoms with E-state index in [4.69, 9.17) is 5.73 Å². The second-order valence-corrected chi connectivity index (χ2v) is 5.43. The van der Waals surface area contributed by atoms with E-state index in [9.17, 15) is 0 Å². The summed E-state index contributed by atoms with van der Waals surface area (Å²) in [6, 6.07) is 11.3. The molecule has 1 aromatic rings. The van der Waals surface area contributed by atoms with Gasteiger partial charge in [-0.1, -0.05) is 31.5 Å². The van der Waals surface area contributed by atoms with Gasteiger partial charge in [-0.25, -0.2) is 0 Å². The molecule has 1 fully saturated rings. The molecular formula is C15H24N2. The molecule has 0 radical (unpaired) electrons. The van der Waals surface area contributed by atoms with Gasteiger partial charge in [-0.2, -0.15) is 0 Å². The number of hydrogen-bond donors (Lipinski definition) is 1. The molecule has 2 heteroatoms. The highest BCUT2D eigenvalue weighted by Crippen LogP contribution is 2.33. The van der Waals surface area contributed by atoms with Crippen LogP contribution in [0, 0.1) is 11.8 Å². The van der Waals surface area contributed by atoms with Crippen molar-refractivity contribution in [3.8, 4) is 0 Å². The molecule has 94 valence electrons. The smallest absolute Gasteiger partial charge is 0.0366 e. The minimum absolute atomic E-state index is 0.603. The average Bonchev–Trinajstić information content (AvgIpc) is 2.39. The molecule has 2 nitrogen and oxygen atoms in total. The first-order valence-corrected chi connectivity index (χ1v) is 6.70. The van der Waals surface area contributed by atoms with Crippen molar-refractivity contribution in [2.45, 2.75) is 32.2 Å². The molecule has 2 N–H and O–H groups in total. The molecule has 17 heavy (non-hydrogen) atoms. The summed E-state index contributed by atoms with van der Waals surface area (Å²) in [7, 11) is 2.21. The highest BCUT2D eigenvalue weighted by atomic mass is 15.1. The van der Waals surface area contributed by atoms with Crippen LogP contribution in [0.4, 0.5) is 5.69 Å². The summed E-state index contributed by atoms with van der Waals surface area (Å²) in [5.74, 6) is 1.48. The second kappa shape index (κ2) is 5.54. The maximum absolute atomic E-state index is 5.93. The first-order chi connectivity index (χ1) is 8.22. The summed E-state index contributed by atoms with van der Waals surface area (Å²) in [6.45, 7) is 3.17. The van der Waals surface area contributed by atoms with Crippen molar-refractivity contribution in [3.63, 3.8) is 0 Å². The van der Waals surface area contributed by atoms with Crippen LogP contribution in [-0.2, 0) is 0 Å². The van der Waals surface area contributed by atoms with Crippen LogP contribution in [0.1, 0.15) is 26.2 Å². The maximum Gasteiger partial charge on any atom is 0.0366 e. The van der Waals surface area contributed by atoms with Gasteiger partial charge in [0.2, 0.25) is 0 Å². The van der Waals surface area contributed by atoms with Gasteiger partial charge in [-0.15, -0.1) is 0 Å². The normalized spacial score (nSPS) is 29.0. The van der Waals surface area contributed by atoms with E-state index in [1.54, 1.807) is 0 Å². The zero-order valence-electron chi connectivity index (χ0n) is 11.0. The van der Waals surface area contributed by atoms with Crippen LogP contribution in [0.15, 0.2) is 30.3 Å². The van der Waals surface area contributed by atoms with E-state index < -0.39 is 0 Å². The van der Waals surface area contributed by atoms with Crippen molar-refractivity contribution in [2.75, 3.05) is 18.5 Å². The largest absolute Gasteiger partial charge is 0.371 e. The lowest BCUT2D eigenvalue weighted by atomic mass is 9.78. The SMILES string of the molecule is CC1CCC(CN)C(N(C)c2ccccc2)C1. The van der Waals surface area contributed by atoms with Gasteiger partial charge in [0.15, 0.2) is 0 Å². The molecule has 0 aromatic heterocycles. The van der Waals surface area contributed by atoms with Crippen LogP contribution >= 0.6 is 0 Å². The third kappa shape index (κ3) is 2.81. The van der Waals surface area contributed by atoms with Gasteiger partial charge in [-0.3, -0.25) is 0 Å². The zero-order chi connectivity index (χ0) is 12.3. The van der Waals surface area contributed by atoms with Gasteiger partial charge in [0.05, 0.1) is 0 Å². The standard InChI is InChI=1S/C15H24N2/c1-12-8-9-13(11-16)15(10-12)17(2)14-6-4-3-5-7-14/h3-7,12-13,15H,8-11,16H2,1-2H3. The first-order valence-electron chi connectivity index (χ1n) is 6.70. The molecular weight excluding hydrogens is 208 g/mol. The molecule has 0 heterocycles. The number of rotatable bonds is 3. The Morgan fingerprint density at radius 2 is 1.94 bits per heavy atom. The number of hydrogen-bond acceptors (Lipinski definition) is 2. The lowest BCUT2D eigenvalue weighted by Crippen LogP contribution is -2.45. The fourth-order valence-electron chi connectivity index (χ4n) is 3.02. The summed E-state index contributed by atoms with van der Waals surface area (Å²) < 4.78 is 0. The van der Waals surface area contributed by atoms with Crippen LogP contribution < -0.4 is 10.6 Å². The number of benzene rings is 1. The monoisotopic (exact) mass is 232 g/mol. The summed E-state index contributed by atoms with van der Waals surface area (Å²) >= 11 is 0. The zero-order valence-corrected chi connectivity index (χ0v) is 11.0. The average molecular weight is 232 g/mol. The number of para-hydroxylation sites is 1. The van der Waals surface area contributed by atoms with Crippen LogP contribution in [0.5, 0.6) is 0 Å². The van der Waals surface area contributed by atoms with Gasteiger partial charge in [0.25, 0.3) is 0 Å². The van der Waals surface area contributed by atoms with Crippen LogP contribution in [0.2, 0.25) is 0 Å². The minimum atomic E-state index is 0.603. The van der Waals surface area contributed by atoms with Gasteiger partial charge in [-0.05, 0) is 43.4 Å². The summed E-state index contributed by atoms with van der Waals surface area (Å²) in [4.78, 5) is 2.42. The van der Waals surface area contributed by atoms with Crippen LogP contribution in [0.25, 0.3) is 0 Å². The van der Waals surface area contributed by atoms with E-state index in [1.165, 1.54) is 24.9 Å². The van der Waals surface area contributed by atoms with E-state index in [1.807, 2.05) is 0 Å². The fraction of sp³-hybridized carbons (Fsp3) is 0.600. The van der Waals surface area contributed by atoms with Crippen molar-refractivity contribution < 1.29 is 0 Å². The third-order valence-electron chi connectivity index (χ3n) is 4.18. The van der Waals surface area contributed by atoms with Gasteiger partial charge >= 0.3 is 0 Å². The summed E-state index contributed by atoms with van der Waals surface area (Å²) in [5, 5.41) is 0. The van der Waals surface area contributed by atoms with Gasteiger partial charge in [0.1, 0.15) is 0 Å². The summed E-state index contributed by atoms with van der Waals surface area (Å²) in [5.41, 5.74) is 7.24. The van der Waals surface area contributed by atoms with E-state index >= 15 is 0 Å². The fourth-order valence-corrected chi connectivity index (χ4v) is 3.02. The Labute approximate surface area is 105 Å². The predicted molar refractivity (Wildman–Crippen MR) is 74.2 cm³/mol. The number of anilines is 1. The van der Waals surface area contributed by atoms with E-state index in [-0.39, 0.29) is 0 Å². The van der Waals surface area contributed by atoms with Crippen molar-refractivity contribution in [2.24, 2.45) is 17.6 Å². The minimum Gasteiger partial charge on any atom is -0.371 e. The molecule has 0 amide bonds.